The van der Waals surface area contributed by atoms with Gasteiger partial charge in [-0.3, -0.25) is 19.5 Å². The number of benzene rings is 1. The number of aromatic nitrogens is 3. The van der Waals surface area contributed by atoms with Crippen LogP contribution >= 0.6 is 23.1 Å². The maximum atomic E-state index is 13.3. The number of rotatable bonds is 7. The molecule has 1 atom stereocenters. The van der Waals surface area contributed by atoms with Crippen molar-refractivity contribution in [2.75, 3.05) is 4.90 Å². The van der Waals surface area contributed by atoms with E-state index in [2.05, 4.69) is 15.2 Å². The number of amides is 1. The average molecular weight is 509 g/mol. The molecule has 1 unspecified atom stereocenters. The minimum absolute atomic E-state index is 0.0190. The Bertz CT molecular complexity index is 1430. The number of pyridine rings is 1. The number of thioether (sulfide) groups is 1. The molecule has 0 saturated carbocycles. The van der Waals surface area contributed by atoms with Gasteiger partial charge in [0.05, 0.1) is 11.6 Å². The molecule has 0 spiro atoms. The number of anilines is 1. The highest BCUT2D eigenvalue weighted by Crippen LogP contribution is 2.43. The van der Waals surface area contributed by atoms with Gasteiger partial charge in [0.2, 0.25) is 10.9 Å². The molecule has 5 rings (SSSR count). The van der Waals surface area contributed by atoms with E-state index >= 15 is 0 Å². The molecule has 0 saturated heterocycles. The largest absolute Gasteiger partial charge is 0.503 e. The number of carbonyl (C=O) groups is 2. The summed E-state index contributed by atoms with van der Waals surface area (Å²) in [4.78, 5) is 31.7. The maximum absolute atomic E-state index is 13.3. The van der Waals surface area contributed by atoms with Crippen molar-refractivity contribution in [2.24, 2.45) is 0 Å². The number of halogens is 1. The fourth-order valence-electron chi connectivity index (χ4n) is 3.67. The lowest BCUT2D eigenvalue weighted by molar-refractivity contribution is -0.117. The maximum Gasteiger partial charge on any atom is 0.296 e. The number of aryl methyl sites for hydroxylation is 1. The van der Waals surface area contributed by atoms with Gasteiger partial charge >= 0.3 is 0 Å². The van der Waals surface area contributed by atoms with E-state index in [9.17, 15) is 19.1 Å². The van der Waals surface area contributed by atoms with Gasteiger partial charge in [-0.1, -0.05) is 35.2 Å². The molecule has 35 heavy (non-hydrogen) atoms. The molecule has 11 heteroatoms. The number of nitrogens with zero attached hydrogens (tertiary/aromatic N) is 4. The van der Waals surface area contributed by atoms with Crippen molar-refractivity contribution in [3.05, 3.63) is 101 Å². The number of carbonyl (C=O) groups excluding carboxylic acids is 2. The van der Waals surface area contributed by atoms with Crippen LogP contribution in [0.2, 0.25) is 0 Å². The Balaban J connectivity index is 1.47. The number of hydrogen-bond donors (Lipinski definition) is 1. The zero-order valence-corrected chi connectivity index (χ0v) is 19.8. The van der Waals surface area contributed by atoms with E-state index in [0.717, 1.165) is 16.9 Å². The van der Waals surface area contributed by atoms with Crippen LogP contribution in [0.25, 0.3) is 0 Å². The molecule has 0 fully saturated rings. The molecule has 176 valence electrons. The summed E-state index contributed by atoms with van der Waals surface area (Å²) in [6, 6.07) is 11.7. The van der Waals surface area contributed by atoms with Crippen molar-refractivity contribution in [3.8, 4) is 0 Å². The van der Waals surface area contributed by atoms with Crippen molar-refractivity contribution >= 4 is 39.9 Å². The molecular formula is C24H17FN4O4S2. The Morgan fingerprint density at radius 1 is 1.14 bits per heavy atom. The number of aliphatic hydroxyl groups is 1. The van der Waals surface area contributed by atoms with E-state index < -0.39 is 23.5 Å². The van der Waals surface area contributed by atoms with Crippen LogP contribution < -0.4 is 4.90 Å². The Morgan fingerprint density at radius 3 is 2.57 bits per heavy atom. The van der Waals surface area contributed by atoms with E-state index in [1.807, 2.05) is 0 Å². The molecular weight excluding hydrogens is 491 g/mol. The summed E-state index contributed by atoms with van der Waals surface area (Å²) < 4.78 is 19.2. The fourth-order valence-corrected chi connectivity index (χ4v) is 5.49. The van der Waals surface area contributed by atoms with Gasteiger partial charge in [-0.25, -0.2) is 4.39 Å². The second-order valence-corrected chi connectivity index (χ2v) is 9.80. The number of ketones is 1. The zero-order chi connectivity index (χ0) is 24.5. The molecule has 1 amide bonds. The molecule has 0 aliphatic carbocycles. The van der Waals surface area contributed by atoms with Crippen LogP contribution in [0, 0.1) is 12.7 Å². The van der Waals surface area contributed by atoms with Gasteiger partial charge in [-0.05, 0) is 54.4 Å². The molecule has 4 aromatic rings. The first-order valence-corrected chi connectivity index (χ1v) is 12.2. The normalized spacial score (nSPS) is 15.8. The highest BCUT2D eigenvalue weighted by atomic mass is 32.2. The number of furan rings is 1. The Morgan fingerprint density at radius 2 is 1.89 bits per heavy atom. The second-order valence-electron chi connectivity index (χ2n) is 7.63. The van der Waals surface area contributed by atoms with E-state index in [4.69, 9.17) is 4.42 Å². The smallest absolute Gasteiger partial charge is 0.296 e. The first-order valence-electron chi connectivity index (χ1n) is 10.4. The first kappa shape index (κ1) is 22.9. The molecule has 3 aromatic heterocycles. The van der Waals surface area contributed by atoms with Crippen molar-refractivity contribution in [2.45, 2.75) is 23.1 Å². The fraction of sp³-hybridized carbons (Fsp3) is 0.125. The molecule has 1 aliphatic heterocycles. The topological polar surface area (TPSA) is 109 Å². The standard InChI is InChI=1S/C24H17FN4O4S2/c1-13-2-7-17(33-13)20(30)18-19(15-8-10-26-11-9-15)29(22(32)21(18)31)23-27-28-24(35-23)34-12-14-3-5-16(25)6-4-14/h2-11,19,31H,12H2,1H3. The van der Waals surface area contributed by atoms with Crippen LogP contribution in [0.3, 0.4) is 0 Å². The lowest BCUT2D eigenvalue weighted by Gasteiger charge is -2.23. The van der Waals surface area contributed by atoms with Crippen molar-refractivity contribution in [3.63, 3.8) is 0 Å². The van der Waals surface area contributed by atoms with Gasteiger partial charge in [0.25, 0.3) is 5.91 Å². The predicted octanol–water partition coefficient (Wildman–Crippen LogP) is 5.05. The highest BCUT2D eigenvalue weighted by Gasteiger charge is 2.46. The van der Waals surface area contributed by atoms with Crippen LogP contribution in [0.1, 0.15) is 33.5 Å². The third kappa shape index (κ3) is 4.47. The van der Waals surface area contributed by atoms with Crippen molar-refractivity contribution in [1.29, 1.82) is 0 Å². The average Bonchev–Trinajstić information content (AvgIpc) is 3.57. The van der Waals surface area contributed by atoms with Crippen LogP contribution in [-0.4, -0.2) is 32.0 Å². The molecule has 1 N–H and O–H groups in total. The monoisotopic (exact) mass is 508 g/mol. The number of hydrogen-bond acceptors (Lipinski definition) is 9. The highest BCUT2D eigenvalue weighted by molar-refractivity contribution is 8.00. The second kappa shape index (κ2) is 9.43. The molecule has 4 heterocycles. The van der Waals surface area contributed by atoms with Crippen LogP contribution in [0.15, 0.2) is 81.0 Å². The number of aliphatic hydroxyl groups excluding tert-OH is 1. The van der Waals surface area contributed by atoms with Crippen LogP contribution in [0.5, 0.6) is 0 Å². The van der Waals surface area contributed by atoms with Crippen molar-refractivity contribution < 1.29 is 23.5 Å². The predicted molar refractivity (Wildman–Crippen MR) is 128 cm³/mol. The quantitative estimate of drug-likeness (QED) is 0.210. The summed E-state index contributed by atoms with van der Waals surface area (Å²) in [5.74, 6) is -1.25. The molecule has 0 radical (unpaired) electrons. The van der Waals surface area contributed by atoms with E-state index in [1.165, 1.54) is 47.3 Å². The van der Waals surface area contributed by atoms with Crippen molar-refractivity contribution in [1.82, 2.24) is 15.2 Å². The molecule has 8 nitrogen and oxygen atoms in total. The zero-order valence-electron chi connectivity index (χ0n) is 18.2. The van der Waals surface area contributed by atoms with E-state index in [0.29, 0.717) is 21.4 Å². The first-order chi connectivity index (χ1) is 16.9. The van der Waals surface area contributed by atoms with Gasteiger partial charge in [0.15, 0.2) is 15.9 Å². The third-order valence-corrected chi connectivity index (χ3v) is 7.44. The Labute approximate surface area is 207 Å². The van der Waals surface area contributed by atoms with E-state index in [1.54, 1.807) is 37.3 Å². The third-order valence-electron chi connectivity index (χ3n) is 5.32. The summed E-state index contributed by atoms with van der Waals surface area (Å²) in [6.45, 7) is 1.70. The Hall–Kier alpha value is -3.83. The molecule has 1 aromatic carbocycles. The van der Waals surface area contributed by atoms with Gasteiger partial charge in [0, 0.05) is 18.1 Å². The minimum atomic E-state index is -0.939. The van der Waals surface area contributed by atoms with Gasteiger partial charge in [-0.15, -0.1) is 10.2 Å². The molecule has 0 bridgehead atoms. The van der Waals surface area contributed by atoms with E-state index in [-0.39, 0.29) is 22.3 Å². The van der Waals surface area contributed by atoms with Crippen LogP contribution in [0.4, 0.5) is 9.52 Å². The summed E-state index contributed by atoms with van der Waals surface area (Å²) in [5.41, 5.74) is 1.37. The summed E-state index contributed by atoms with van der Waals surface area (Å²) in [5, 5.41) is 19.3. The van der Waals surface area contributed by atoms with Gasteiger partial charge in [0.1, 0.15) is 11.6 Å². The van der Waals surface area contributed by atoms with Gasteiger partial charge in [-0.2, -0.15) is 0 Å². The summed E-state index contributed by atoms with van der Waals surface area (Å²) in [6.07, 6.45) is 3.08. The lowest BCUT2D eigenvalue weighted by atomic mass is 9.96. The van der Waals surface area contributed by atoms with Crippen LogP contribution in [-0.2, 0) is 10.5 Å². The Kier molecular flexibility index (Phi) is 6.18. The number of Topliss-reactive ketones (excluding diaryl/α,β-unsaturated/α-hetero) is 1. The summed E-state index contributed by atoms with van der Waals surface area (Å²) in [7, 11) is 0. The lowest BCUT2D eigenvalue weighted by Crippen LogP contribution is -2.31. The van der Waals surface area contributed by atoms with Gasteiger partial charge < -0.3 is 9.52 Å². The minimum Gasteiger partial charge on any atom is -0.503 e. The SMILES string of the molecule is Cc1ccc(C(=O)C2=C(O)C(=O)N(c3nnc(SCc4ccc(F)cc4)s3)C2c2ccncc2)o1. The summed E-state index contributed by atoms with van der Waals surface area (Å²) >= 11 is 2.54. The molecule has 1 aliphatic rings.